The summed E-state index contributed by atoms with van der Waals surface area (Å²) in [7, 11) is 0. The number of carbonyl (C=O) groups is 1. The van der Waals surface area contributed by atoms with Crippen molar-refractivity contribution in [3.8, 4) is 22.5 Å². The van der Waals surface area contributed by atoms with Crippen molar-refractivity contribution in [2.45, 2.75) is 6.54 Å². The number of benzene rings is 1. The SMILES string of the molecule is O=C(Cn1nc(-c2ccncc2)ccc1=O)Nc1ccc(-c2ccc(=O)[nH]n2)cc1. The van der Waals surface area contributed by atoms with E-state index in [4.69, 9.17) is 0 Å². The Hall–Kier alpha value is -4.40. The lowest BCUT2D eigenvalue weighted by atomic mass is 10.1. The van der Waals surface area contributed by atoms with Gasteiger partial charge in [-0.25, -0.2) is 9.78 Å². The van der Waals surface area contributed by atoms with Gasteiger partial charge in [0.25, 0.3) is 11.1 Å². The molecule has 9 heteroatoms. The number of hydrogen-bond acceptors (Lipinski definition) is 6. The monoisotopic (exact) mass is 400 g/mol. The van der Waals surface area contributed by atoms with Crippen molar-refractivity contribution in [1.29, 1.82) is 0 Å². The van der Waals surface area contributed by atoms with Gasteiger partial charge in [0.2, 0.25) is 5.91 Å². The van der Waals surface area contributed by atoms with E-state index < -0.39 is 0 Å². The molecule has 0 spiro atoms. The number of H-pyrrole nitrogens is 1. The van der Waals surface area contributed by atoms with Crippen LogP contribution in [0, 0.1) is 0 Å². The zero-order chi connectivity index (χ0) is 20.9. The summed E-state index contributed by atoms with van der Waals surface area (Å²) in [6.07, 6.45) is 3.26. The number of nitrogens with one attached hydrogen (secondary N) is 2. The molecule has 4 rings (SSSR count). The minimum Gasteiger partial charge on any atom is -0.324 e. The molecule has 2 N–H and O–H groups in total. The summed E-state index contributed by atoms with van der Waals surface area (Å²) in [6, 6.07) is 16.5. The first-order chi connectivity index (χ1) is 14.6. The Balaban J connectivity index is 1.46. The lowest BCUT2D eigenvalue weighted by molar-refractivity contribution is -0.117. The number of carbonyl (C=O) groups excluding carboxylic acids is 1. The lowest BCUT2D eigenvalue weighted by Crippen LogP contribution is -2.29. The van der Waals surface area contributed by atoms with Gasteiger partial charge in [0, 0.05) is 41.3 Å². The smallest absolute Gasteiger partial charge is 0.267 e. The van der Waals surface area contributed by atoms with Crippen molar-refractivity contribution in [2.75, 3.05) is 5.32 Å². The molecule has 0 unspecified atom stereocenters. The molecular formula is C21H16N6O3. The summed E-state index contributed by atoms with van der Waals surface area (Å²) < 4.78 is 1.11. The minimum atomic E-state index is -0.383. The Morgan fingerprint density at radius 3 is 2.27 bits per heavy atom. The molecule has 0 saturated heterocycles. The average Bonchev–Trinajstić information content (AvgIpc) is 2.77. The van der Waals surface area contributed by atoms with E-state index in [1.54, 1.807) is 60.9 Å². The van der Waals surface area contributed by atoms with Gasteiger partial charge in [0.1, 0.15) is 6.54 Å². The van der Waals surface area contributed by atoms with Gasteiger partial charge in [0.05, 0.1) is 11.4 Å². The number of pyridine rings is 1. The number of nitrogens with zero attached hydrogens (tertiary/aromatic N) is 4. The van der Waals surface area contributed by atoms with E-state index in [0.29, 0.717) is 17.1 Å². The highest BCUT2D eigenvalue weighted by Crippen LogP contribution is 2.18. The van der Waals surface area contributed by atoms with Gasteiger partial charge in [-0.2, -0.15) is 10.2 Å². The highest BCUT2D eigenvalue weighted by molar-refractivity contribution is 5.90. The first-order valence-electron chi connectivity index (χ1n) is 9.03. The van der Waals surface area contributed by atoms with Gasteiger partial charge in [0.15, 0.2) is 0 Å². The molecule has 4 aromatic rings. The van der Waals surface area contributed by atoms with Gasteiger partial charge >= 0.3 is 0 Å². The molecular weight excluding hydrogens is 384 g/mol. The summed E-state index contributed by atoms with van der Waals surface area (Å²) in [5.41, 5.74) is 2.67. The first-order valence-corrected chi connectivity index (χ1v) is 9.03. The zero-order valence-corrected chi connectivity index (χ0v) is 15.6. The second-order valence-corrected chi connectivity index (χ2v) is 6.38. The van der Waals surface area contributed by atoms with Crippen molar-refractivity contribution in [2.24, 2.45) is 0 Å². The predicted molar refractivity (Wildman–Crippen MR) is 111 cm³/mol. The van der Waals surface area contributed by atoms with E-state index >= 15 is 0 Å². The maximum absolute atomic E-state index is 12.4. The van der Waals surface area contributed by atoms with Crippen LogP contribution in [-0.4, -0.2) is 30.9 Å². The molecule has 3 heterocycles. The quantitative estimate of drug-likeness (QED) is 0.526. The van der Waals surface area contributed by atoms with Crippen LogP contribution in [0.4, 0.5) is 5.69 Å². The Kier molecular flexibility index (Phi) is 5.25. The third-order valence-corrected chi connectivity index (χ3v) is 4.28. The normalized spacial score (nSPS) is 10.5. The Labute approximate surface area is 170 Å². The molecule has 1 amide bonds. The fourth-order valence-corrected chi connectivity index (χ4v) is 2.80. The molecule has 30 heavy (non-hydrogen) atoms. The highest BCUT2D eigenvalue weighted by Gasteiger charge is 2.09. The summed E-state index contributed by atoms with van der Waals surface area (Å²) in [5.74, 6) is -0.383. The first kappa shape index (κ1) is 18.9. The molecule has 0 aliphatic carbocycles. The number of aromatic nitrogens is 5. The van der Waals surface area contributed by atoms with Crippen LogP contribution in [0.25, 0.3) is 22.5 Å². The lowest BCUT2D eigenvalue weighted by Gasteiger charge is -2.09. The maximum Gasteiger partial charge on any atom is 0.267 e. The third kappa shape index (κ3) is 4.36. The number of hydrogen-bond donors (Lipinski definition) is 2. The number of amides is 1. The van der Waals surface area contributed by atoms with Crippen LogP contribution in [0.2, 0.25) is 0 Å². The van der Waals surface area contributed by atoms with Crippen LogP contribution < -0.4 is 16.4 Å². The maximum atomic E-state index is 12.4. The van der Waals surface area contributed by atoms with Crippen LogP contribution in [0.1, 0.15) is 0 Å². The molecule has 0 atom stereocenters. The third-order valence-electron chi connectivity index (χ3n) is 4.28. The Morgan fingerprint density at radius 2 is 1.57 bits per heavy atom. The number of anilines is 1. The average molecular weight is 400 g/mol. The fraction of sp³-hybridized carbons (Fsp3) is 0.0476. The second kappa shape index (κ2) is 8.31. The zero-order valence-electron chi connectivity index (χ0n) is 15.6. The van der Waals surface area contributed by atoms with Crippen LogP contribution in [0.5, 0.6) is 0 Å². The van der Waals surface area contributed by atoms with Crippen molar-refractivity contribution >= 4 is 11.6 Å². The molecule has 3 aromatic heterocycles. The second-order valence-electron chi connectivity index (χ2n) is 6.38. The van der Waals surface area contributed by atoms with Crippen molar-refractivity contribution < 1.29 is 4.79 Å². The van der Waals surface area contributed by atoms with E-state index in [-0.39, 0.29) is 23.6 Å². The minimum absolute atomic E-state index is 0.221. The van der Waals surface area contributed by atoms with Crippen LogP contribution in [0.3, 0.4) is 0 Å². The molecule has 0 radical (unpaired) electrons. The van der Waals surface area contributed by atoms with E-state index in [1.807, 2.05) is 0 Å². The van der Waals surface area contributed by atoms with Crippen molar-refractivity contribution in [1.82, 2.24) is 25.0 Å². The Bertz CT molecular complexity index is 1280. The van der Waals surface area contributed by atoms with Crippen molar-refractivity contribution in [3.63, 3.8) is 0 Å². The van der Waals surface area contributed by atoms with Gasteiger partial charge in [-0.3, -0.25) is 19.4 Å². The summed E-state index contributed by atoms with van der Waals surface area (Å²) in [4.78, 5) is 39.6. The summed E-state index contributed by atoms with van der Waals surface area (Å²) in [5, 5.41) is 13.3. The molecule has 0 aliphatic rings. The van der Waals surface area contributed by atoms with E-state index in [2.05, 4.69) is 25.6 Å². The molecule has 0 fully saturated rings. The number of rotatable bonds is 5. The highest BCUT2D eigenvalue weighted by atomic mass is 16.2. The molecule has 0 aliphatic heterocycles. The Morgan fingerprint density at radius 1 is 0.867 bits per heavy atom. The fourth-order valence-electron chi connectivity index (χ4n) is 2.80. The molecule has 0 saturated carbocycles. The standard InChI is InChI=1S/C21H16N6O3/c28-19-7-5-17(24-25-19)14-1-3-16(4-2-14)23-20(29)13-27-21(30)8-6-18(26-27)15-9-11-22-12-10-15/h1-12H,13H2,(H,23,29)(H,25,28). The molecule has 148 valence electrons. The summed E-state index contributed by atoms with van der Waals surface area (Å²) >= 11 is 0. The van der Waals surface area contributed by atoms with Gasteiger partial charge < -0.3 is 5.32 Å². The molecule has 1 aromatic carbocycles. The van der Waals surface area contributed by atoms with Crippen LogP contribution in [0.15, 0.2) is 82.6 Å². The van der Waals surface area contributed by atoms with Gasteiger partial charge in [-0.15, -0.1) is 0 Å². The molecule has 0 bridgehead atoms. The van der Waals surface area contributed by atoms with Crippen LogP contribution >= 0.6 is 0 Å². The van der Waals surface area contributed by atoms with Crippen molar-refractivity contribution in [3.05, 3.63) is 93.8 Å². The van der Waals surface area contributed by atoms with Gasteiger partial charge in [-0.05, 0) is 36.4 Å². The van der Waals surface area contributed by atoms with E-state index in [9.17, 15) is 14.4 Å². The van der Waals surface area contributed by atoms with E-state index in [1.165, 1.54) is 12.1 Å². The topological polar surface area (TPSA) is 123 Å². The van der Waals surface area contributed by atoms with Gasteiger partial charge in [-0.1, -0.05) is 12.1 Å². The predicted octanol–water partition coefficient (Wildman–Crippen LogP) is 1.69. The van der Waals surface area contributed by atoms with E-state index in [0.717, 1.165) is 15.8 Å². The summed E-state index contributed by atoms with van der Waals surface area (Å²) in [6.45, 7) is -0.221. The molecule has 9 nitrogen and oxygen atoms in total. The number of aromatic amines is 1. The largest absolute Gasteiger partial charge is 0.324 e. The van der Waals surface area contributed by atoms with Crippen LogP contribution in [-0.2, 0) is 11.3 Å².